The Morgan fingerprint density at radius 3 is 2.87 bits per heavy atom. The van der Waals surface area contributed by atoms with Crippen molar-refractivity contribution in [3.63, 3.8) is 0 Å². The number of aryl methyl sites for hydroxylation is 1. The van der Waals surface area contributed by atoms with Gasteiger partial charge in [-0.2, -0.15) is 0 Å². The molecule has 1 N–H and O–H groups in total. The van der Waals surface area contributed by atoms with E-state index in [2.05, 4.69) is 20.9 Å². The van der Waals surface area contributed by atoms with E-state index < -0.39 is 5.97 Å². The number of hydrogen-bond acceptors (Lipinski definition) is 3. The number of pyridine rings is 1. The Balaban J connectivity index is 2.94. The maximum absolute atomic E-state index is 10.4. The van der Waals surface area contributed by atoms with Crippen molar-refractivity contribution in [2.24, 2.45) is 0 Å². The van der Waals surface area contributed by atoms with Crippen LogP contribution in [0.15, 0.2) is 10.7 Å². The van der Waals surface area contributed by atoms with E-state index in [1.54, 1.807) is 13.3 Å². The SMILES string of the molecule is COc1c(Br)cnc(CCC(=O)O)c1C. The van der Waals surface area contributed by atoms with E-state index in [9.17, 15) is 4.79 Å². The molecule has 15 heavy (non-hydrogen) atoms. The van der Waals surface area contributed by atoms with Crippen LogP contribution in [0.1, 0.15) is 17.7 Å². The summed E-state index contributed by atoms with van der Waals surface area (Å²) in [4.78, 5) is 14.6. The zero-order chi connectivity index (χ0) is 11.4. The van der Waals surface area contributed by atoms with Crippen LogP contribution in [-0.2, 0) is 11.2 Å². The molecule has 0 fully saturated rings. The van der Waals surface area contributed by atoms with E-state index in [0.717, 1.165) is 15.7 Å². The predicted molar refractivity (Wildman–Crippen MR) is 59.2 cm³/mol. The second-order valence-electron chi connectivity index (χ2n) is 3.10. The van der Waals surface area contributed by atoms with Gasteiger partial charge in [-0.25, -0.2) is 0 Å². The minimum absolute atomic E-state index is 0.0820. The molecule has 0 aliphatic heterocycles. The minimum Gasteiger partial charge on any atom is -0.495 e. The lowest BCUT2D eigenvalue weighted by molar-refractivity contribution is -0.136. The maximum atomic E-state index is 10.4. The molecule has 0 radical (unpaired) electrons. The summed E-state index contributed by atoms with van der Waals surface area (Å²) in [7, 11) is 1.58. The second kappa shape index (κ2) is 5.11. The van der Waals surface area contributed by atoms with Gasteiger partial charge in [0.25, 0.3) is 0 Å². The zero-order valence-corrected chi connectivity index (χ0v) is 10.2. The summed E-state index contributed by atoms with van der Waals surface area (Å²) in [6.07, 6.45) is 2.13. The number of hydrogen-bond donors (Lipinski definition) is 1. The summed E-state index contributed by atoms with van der Waals surface area (Å²) in [5, 5.41) is 8.58. The topological polar surface area (TPSA) is 59.4 Å². The van der Waals surface area contributed by atoms with Gasteiger partial charge in [-0.1, -0.05) is 0 Å². The number of carboxylic acid groups (broad SMARTS) is 1. The zero-order valence-electron chi connectivity index (χ0n) is 8.58. The fourth-order valence-electron chi connectivity index (χ4n) is 1.33. The highest BCUT2D eigenvalue weighted by atomic mass is 79.9. The van der Waals surface area contributed by atoms with Crippen molar-refractivity contribution < 1.29 is 14.6 Å². The highest BCUT2D eigenvalue weighted by Crippen LogP contribution is 2.29. The van der Waals surface area contributed by atoms with E-state index in [1.807, 2.05) is 6.92 Å². The first-order valence-corrected chi connectivity index (χ1v) is 5.25. The van der Waals surface area contributed by atoms with E-state index in [1.165, 1.54) is 0 Å². The molecule has 0 unspecified atom stereocenters. The van der Waals surface area contributed by atoms with E-state index in [0.29, 0.717) is 12.2 Å². The lowest BCUT2D eigenvalue weighted by Crippen LogP contribution is -2.03. The van der Waals surface area contributed by atoms with Crippen LogP contribution in [0.4, 0.5) is 0 Å². The molecule has 0 spiro atoms. The molecule has 1 aromatic heterocycles. The number of aromatic nitrogens is 1. The van der Waals surface area contributed by atoms with Crippen molar-refractivity contribution in [1.82, 2.24) is 4.98 Å². The molecule has 1 rings (SSSR count). The van der Waals surface area contributed by atoms with Crippen LogP contribution in [0.2, 0.25) is 0 Å². The first-order valence-electron chi connectivity index (χ1n) is 4.46. The summed E-state index contributed by atoms with van der Waals surface area (Å²) in [5.41, 5.74) is 1.64. The normalized spacial score (nSPS) is 10.1. The van der Waals surface area contributed by atoms with Gasteiger partial charge < -0.3 is 9.84 Å². The smallest absolute Gasteiger partial charge is 0.303 e. The Morgan fingerprint density at radius 1 is 1.67 bits per heavy atom. The molecule has 1 heterocycles. The fraction of sp³-hybridized carbons (Fsp3) is 0.400. The van der Waals surface area contributed by atoms with Gasteiger partial charge >= 0.3 is 5.97 Å². The van der Waals surface area contributed by atoms with E-state index in [4.69, 9.17) is 9.84 Å². The fourth-order valence-corrected chi connectivity index (χ4v) is 1.89. The van der Waals surface area contributed by atoms with Crippen molar-refractivity contribution in [2.75, 3.05) is 7.11 Å². The van der Waals surface area contributed by atoms with Crippen molar-refractivity contribution in [2.45, 2.75) is 19.8 Å². The minimum atomic E-state index is -0.821. The summed E-state index contributed by atoms with van der Waals surface area (Å²) in [5.74, 6) is -0.108. The van der Waals surface area contributed by atoms with Crippen molar-refractivity contribution in [3.8, 4) is 5.75 Å². The number of ether oxygens (including phenoxy) is 1. The average molecular weight is 274 g/mol. The van der Waals surface area contributed by atoms with Crippen molar-refractivity contribution in [3.05, 3.63) is 21.9 Å². The van der Waals surface area contributed by atoms with E-state index in [-0.39, 0.29) is 6.42 Å². The third kappa shape index (κ3) is 2.92. The first kappa shape index (κ1) is 12.0. The van der Waals surface area contributed by atoms with Crippen LogP contribution in [-0.4, -0.2) is 23.2 Å². The molecule has 0 saturated heterocycles. The number of halogens is 1. The summed E-state index contributed by atoms with van der Waals surface area (Å²) >= 11 is 3.32. The first-order chi connectivity index (χ1) is 7.06. The Bertz CT molecular complexity index is 379. The molecule has 0 atom stereocenters. The summed E-state index contributed by atoms with van der Waals surface area (Å²) in [6.45, 7) is 1.87. The van der Waals surface area contributed by atoms with Gasteiger partial charge in [0.05, 0.1) is 18.0 Å². The standard InChI is InChI=1S/C10H12BrNO3/c1-6-8(3-4-9(13)14)12-5-7(11)10(6)15-2/h5H,3-4H2,1-2H3,(H,13,14). The number of nitrogens with zero attached hydrogens (tertiary/aromatic N) is 1. The van der Waals surface area contributed by atoms with Crippen molar-refractivity contribution >= 4 is 21.9 Å². The lowest BCUT2D eigenvalue weighted by atomic mass is 10.1. The van der Waals surface area contributed by atoms with Gasteiger partial charge in [0, 0.05) is 23.9 Å². The number of carbonyl (C=O) groups is 1. The molecular formula is C10H12BrNO3. The monoisotopic (exact) mass is 273 g/mol. The molecule has 0 saturated carbocycles. The molecule has 0 amide bonds. The molecule has 5 heteroatoms. The van der Waals surface area contributed by atoms with Gasteiger partial charge in [-0.05, 0) is 22.9 Å². The summed E-state index contributed by atoms with van der Waals surface area (Å²) < 4.78 is 5.97. The van der Waals surface area contributed by atoms with Crippen molar-refractivity contribution in [1.29, 1.82) is 0 Å². The Kier molecular flexibility index (Phi) is 4.08. The molecular weight excluding hydrogens is 262 g/mol. The third-order valence-corrected chi connectivity index (χ3v) is 2.67. The Hall–Kier alpha value is -1.10. The molecule has 0 bridgehead atoms. The predicted octanol–water partition coefficient (Wildman–Crippen LogP) is 2.18. The molecule has 4 nitrogen and oxygen atoms in total. The van der Waals surface area contributed by atoms with Crippen LogP contribution < -0.4 is 4.74 Å². The molecule has 1 aromatic rings. The van der Waals surface area contributed by atoms with Gasteiger partial charge in [0.1, 0.15) is 5.75 Å². The quantitative estimate of drug-likeness (QED) is 0.914. The molecule has 0 aromatic carbocycles. The van der Waals surface area contributed by atoms with Crippen LogP contribution >= 0.6 is 15.9 Å². The number of aliphatic carboxylic acids is 1. The van der Waals surface area contributed by atoms with Gasteiger partial charge in [0.2, 0.25) is 0 Å². The number of carboxylic acids is 1. The highest BCUT2D eigenvalue weighted by Gasteiger charge is 2.11. The molecule has 0 aliphatic carbocycles. The van der Waals surface area contributed by atoms with Gasteiger partial charge in [0.15, 0.2) is 0 Å². The average Bonchev–Trinajstić information content (AvgIpc) is 2.17. The Morgan fingerprint density at radius 2 is 2.33 bits per heavy atom. The molecule has 0 aliphatic rings. The lowest BCUT2D eigenvalue weighted by Gasteiger charge is -2.10. The Labute approximate surface area is 96.4 Å². The maximum Gasteiger partial charge on any atom is 0.303 e. The third-order valence-electron chi connectivity index (χ3n) is 2.10. The summed E-state index contributed by atoms with van der Waals surface area (Å²) in [6, 6.07) is 0. The highest BCUT2D eigenvalue weighted by molar-refractivity contribution is 9.10. The second-order valence-corrected chi connectivity index (χ2v) is 3.96. The van der Waals surface area contributed by atoms with Gasteiger partial charge in [-0.15, -0.1) is 0 Å². The van der Waals surface area contributed by atoms with E-state index >= 15 is 0 Å². The number of methoxy groups -OCH3 is 1. The van der Waals surface area contributed by atoms with Crippen LogP contribution in [0.3, 0.4) is 0 Å². The van der Waals surface area contributed by atoms with Crippen LogP contribution in [0.25, 0.3) is 0 Å². The van der Waals surface area contributed by atoms with Crippen LogP contribution in [0.5, 0.6) is 5.75 Å². The van der Waals surface area contributed by atoms with Crippen LogP contribution in [0, 0.1) is 6.92 Å². The molecule has 82 valence electrons. The van der Waals surface area contributed by atoms with Gasteiger partial charge in [-0.3, -0.25) is 9.78 Å². The largest absolute Gasteiger partial charge is 0.495 e. The number of rotatable bonds is 4.